The van der Waals surface area contributed by atoms with E-state index in [0.29, 0.717) is 12.0 Å². The zero-order valence-corrected chi connectivity index (χ0v) is 12.4. The van der Waals surface area contributed by atoms with Gasteiger partial charge < -0.3 is 9.88 Å². The van der Waals surface area contributed by atoms with Crippen molar-refractivity contribution in [1.82, 2.24) is 14.9 Å². The van der Waals surface area contributed by atoms with Gasteiger partial charge in [-0.3, -0.25) is 4.79 Å². The van der Waals surface area contributed by atoms with Gasteiger partial charge in [-0.15, -0.1) is 0 Å². The molecule has 2 aliphatic carbocycles. The van der Waals surface area contributed by atoms with E-state index in [-0.39, 0.29) is 5.91 Å². The number of aromatic nitrogens is 2. The molecule has 0 radical (unpaired) electrons. The Morgan fingerprint density at radius 3 is 2.75 bits per heavy atom. The summed E-state index contributed by atoms with van der Waals surface area (Å²) in [6.07, 6.45) is 11.6. The van der Waals surface area contributed by atoms with E-state index in [1.54, 1.807) is 0 Å². The Hall–Kier alpha value is -1.32. The van der Waals surface area contributed by atoms with Gasteiger partial charge in [-0.05, 0) is 32.6 Å². The normalized spacial score (nSPS) is 20.1. The molecular formula is C16H25N3O. The van der Waals surface area contributed by atoms with Crippen LogP contribution >= 0.6 is 0 Å². The van der Waals surface area contributed by atoms with Gasteiger partial charge >= 0.3 is 0 Å². The number of nitrogens with zero attached hydrogens (tertiary/aromatic N) is 2. The maximum absolute atomic E-state index is 11.6. The first kappa shape index (κ1) is 13.7. The first-order valence-corrected chi connectivity index (χ1v) is 8.06. The molecular weight excluding hydrogens is 250 g/mol. The fraction of sp³-hybridized carbons (Fsp3) is 0.750. The van der Waals surface area contributed by atoms with Crippen LogP contribution in [0.5, 0.6) is 0 Å². The molecule has 4 nitrogen and oxygen atoms in total. The SMILES string of the molecule is Cc1cnc(CCNC(=O)C2CC2)n1C1CCCCC1. The highest BCUT2D eigenvalue weighted by Gasteiger charge is 2.29. The molecule has 0 atom stereocenters. The predicted molar refractivity (Wildman–Crippen MR) is 78.5 cm³/mol. The second-order valence-electron chi connectivity index (χ2n) is 6.29. The molecule has 2 aliphatic rings. The highest BCUT2D eigenvalue weighted by molar-refractivity contribution is 5.80. The fourth-order valence-corrected chi connectivity index (χ4v) is 3.31. The molecule has 2 saturated carbocycles. The van der Waals surface area contributed by atoms with Crippen LogP contribution in [0.3, 0.4) is 0 Å². The number of nitrogens with one attached hydrogen (secondary N) is 1. The van der Waals surface area contributed by atoms with Crippen molar-refractivity contribution in [3.05, 3.63) is 17.7 Å². The summed E-state index contributed by atoms with van der Waals surface area (Å²) in [5.74, 6) is 1.68. The molecule has 0 aromatic carbocycles. The third-order valence-electron chi connectivity index (χ3n) is 4.59. The van der Waals surface area contributed by atoms with Gasteiger partial charge in [0.05, 0.1) is 0 Å². The van der Waals surface area contributed by atoms with E-state index in [2.05, 4.69) is 21.8 Å². The van der Waals surface area contributed by atoms with E-state index in [1.807, 2.05) is 6.20 Å². The average Bonchev–Trinajstić information content (AvgIpc) is 3.25. The first-order valence-electron chi connectivity index (χ1n) is 8.06. The summed E-state index contributed by atoms with van der Waals surface area (Å²) in [6, 6.07) is 0.625. The lowest BCUT2D eigenvalue weighted by Gasteiger charge is -2.26. The topological polar surface area (TPSA) is 46.9 Å². The van der Waals surface area contributed by atoms with Crippen LogP contribution in [0.2, 0.25) is 0 Å². The highest BCUT2D eigenvalue weighted by Crippen LogP contribution is 2.30. The standard InChI is InChI=1S/C16H25N3O/c1-12-11-18-15(9-10-17-16(20)13-7-8-13)19(12)14-5-3-2-4-6-14/h11,13-14H,2-10H2,1H3,(H,17,20). The molecule has 2 fully saturated rings. The third-order valence-corrected chi connectivity index (χ3v) is 4.59. The van der Waals surface area contributed by atoms with Gasteiger partial charge in [0.15, 0.2) is 0 Å². The van der Waals surface area contributed by atoms with Gasteiger partial charge in [-0.25, -0.2) is 4.98 Å². The first-order chi connectivity index (χ1) is 9.75. The van der Waals surface area contributed by atoms with Crippen LogP contribution in [-0.2, 0) is 11.2 Å². The van der Waals surface area contributed by atoms with Gasteiger partial charge in [0.25, 0.3) is 0 Å². The quantitative estimate of drug-likeness (QED) is 0.898. The van der Waals surface area contributed by atoms with Crippen LogP contribution in [0.25, 0.3) is 0 Å². The minimum Gasteiger partial charge on any atom is -0.355 e. The summed E-state index contributed by atoms with van der Waals surface area (Å²) < 4.78 is 2.42. The Morgan fingerprint density at radius 2 is 2.05 bits per heavy atom. The molecule has 1 aromatic rings. The van der Waals surface area contributed by atoms with Crippen molar-refractivity contribution in [2.24, 2.45) is 5.92 Å². The number of hydrogen-bond donors (Lipinski definition) is 1. The van der Waals surface area contributed by atoms with Gasteiger partial charge in [0.2, 0.25) is 5.91 Å². The maximum Gasteiger partial charge on any atom is 0.223 e. The van der Waals surface area contributed by atoms with Crippen molar-refractivity contribution in [1.29, 1.82) is 0 Å². The number of imidazole rings is 1. The molecule has 0 spiro atoms. The summed E-state index contributed by atoms with van der Waals surface area (Å²) in [5.41, 5.74) is 1.26. The van der Waals surface area contributed by atoms with E-state index >= 15 is 0 Å². The van der Waals surface area contributed by atoms with Crippen LogP contribution in [0.1, 0.15) is 62.5 Å². The molecule has 3 rings (SSSR count). The second-order valence-corrected chi connectivity index (χ2v) is 6.29. The van der Waals surface area contributed by atoms with Gasteiger partial charge in [0, 0.05) is 36.8 Å². The average molecular weight is 275 g/mol. The third kappa shape index (κ3) is 3.05. The number of carbonyl (C=O) groups excluding carboxylic acids is 1. The lowest BCUT2D eigenvalue weighted by Crippen LogP contribution is -2.28. The molecule has 0 unspecified atom stereocenters. The van der Waals surface area contributed by atoms with Crippen molar-refractivity contribution in [3.8, 4) is 0 Å². The highest BCUT2D eigenvalue weighted by atomic mass is 16.2. The van der Waals surface area contributed by atoms with Crippen molar-refractivity contribution in [2.75, 3.05) is 6.54 Å². The van der Waals surface area contributed by atoms with E-state index in [4.69, 9.17) is 0 Å². The Balaban J connectivity index is 1.59. The maximum atomic E-state index is 11.6. The monoisotopic (exact) mass is 275 g/mol. The Bertz CT molecular complexity index is 470. The van der Waals surface area contributed by atoms with Gasteiger partial charge in [-0.2, -0.15) is 0 Å². The summed E-state index contributed by atoms with van der Waals surface area (Å²) in [5, 5.41) is 3.04. The minimum atomic E-state index is 0.234. The molecule has 1 heterocycles. The minimum absolute atomic E-state index is 0.234. The van der Waals surface area contributed by atoms with Crippen LogP contribution < -0.4 is 5.32 Å². The van der Waals surface area contributed by atoms with Crippen molar-refractivity contribution in [3.63, 3.8) is 0 Å². The van der Waals surface area contributed by atoms with Gasteiger partial charge in [-0.1, -0.05) is 19.3 Å². The van der Waals surface area contributed by atoms with Crippen LogP contribution in [0.15, 0.2) is 6.20 Å². The van der Waals surface area contributed by atoms with Crippen LogP contribution in [0, 0.1) is 12.8 Å². The lowest BCUT2D eigenvalue weighted by molar-refractivity contribution is -0.122. The zero-order chi connectivity index (χ0) is 13.9. The summed E-state index contributed by atoms with van der Waals surface area (Å²) in [7, 11) is 0. The number of rotatable bonds is 5. The molecule has 1 N–H and O–H groups in total. The van der Waals surface area contributed by atoms with Crippen molar-refractivity contribution < 1.29 is 4.79 Å². The smallest absolute Gasteiger partial charge is 0.223 e. The second kappa shape index (κ2) is 5.98. The summed E-state index contributed by atoms with van der Waals surface area (Å²) in [4.78, 5) is 16.2. The molecule has 4 heteroatoms. The number of carbonyl (C=O) groups is 1. The number of aryl methyl sites for hydroxylation is 1. The van der Waals surface area contributed by atoms with Crippen LogP contribution in [0.4, 0.5) is 0 Å². The van der Waals surface area contributed by atoms with Crippen molar-refractivity contribution in [2.45, 2.75) is 64.3 Å². The van der Waals surface area contributed by atoms with E-state index < -0.39 is 0 Å². The van der Waals surface area contributed by atoms with Crippen molar-refractivity contribution >= 4 is 5.91 Å². The largest absolute Gasteiger partial charge is 0.355 e. The molecule has 110 valence electrons. The predicted octanol–water partition coefficient (Wildman–Crippen LogP) is 2.77. The summed E-state index contributed by atoms with van der Waals surface area (Å²) in [6.45, 7) is 2.87. The lowest BCUT2D eigenvalue weighted by atomic mass is 9.95. The van der Waals surface area contributed by atoms with E-state index in [0.717, 1.165) is 31.6 Å². The molecule has 1 amide bonds. The van der Waals surface area contributed by atoms with Crippen LogP contribution in [-0.4, -0.2) is 22.0 Å². The summed E-state index contributed by atoms with van der Waals surface area (Å²) >= 11 is 0. The molecule has 20 heavy (non-hydrogen) atoms. The molecule has 0 bridgehead atoms. The molecule has 0 aliphatic heterocycles. The van der Waals surface area contributed by atoms with E-state index in [1.165, 1.54) is 37.8 Å². The Kier molecular flexibility index (Phi) is 4.08. The number of hydrogen-bond acceptors (Lipinski definition) is 2. The van der Waals surface area contributed by atoms with Gasteiger partial charge in [0.1, 0.15) is 5.82 Å². The molecule has 1 aromatic heterocycles. The number of amides is 1. The van der Waals surface area contributed by atoms with E-state index in [9.17, 15) is 4.79 Å². The zero-order valence-electron chi connectivity index (χ0n) is 12.4. The Labute approximate surface area is 121 Å². The fourth-order valence-electron chi connectivity index (χ4n) is 3.31. The molecule has 0 saturated heterocycles. The Morgan fingerprint density at radius 1 is 1.30 bits per heavy atom.